The quantitative estimate of drug-likeness (QED) is 0.278. The third-order valence-electron chi connectivity index (χ3n) is 5.85. The van der Waals surface area contributed by atoms with Gasteiger partial charge in [0.1, 0.15) is 0 Å². The molecule has 2 N–H and O–H groups in total. The Balaban J connectivity index is 0.00000450. The molecule has 1 aliphatic rings. The number of halogens is 1. The predicted octanol–water partition coefficient (Wildman–Crippen LogP) is 3.75. The first-order valence-corrected chi connectivity index (χ1v) is 12.0. The van der Waals surface area contributed by atoms with Crippen molar-refractivity contribution in [2.45, 2.75) is 56.8 Å². The fourth-order valence-electron chi connectivity index (χ4n) is 3.59. The van der Waals surface area contributed by atoms with Gasteiger partial charge in [-0.05, 0) is 47.8 Å². The van der Waals surface area contributed by atoms with Crippen LogP contribution in [0, 0.1) is 5.41 Å². The lowest BCUT2D eigenvalue weighted by atomic mass is 9.67. The van der Waals surface area contributed by atoms with Crippen molar-refractivity contribution < 1.29 is 13.2 Å². The number of hydrogen-bond acceptors (Lipinski definition) is 4. The Bertz CT molecular complexity index is 783. The minimum Gasteiger partial charge on any atom is -0.385 e. The summed E-state index contributed by atoms with van der Waals surface area (Å²) < 4.78 is 30.5. The Labute approximate surface area is 199 Å². The molecule has 6 nitrogen and oxygen atoms in total. The molecule has 0 radical (unpaired) electrons. The highest BCUT2D eigenvalue weighted by atomic mass is 127. The molecule has 1 aliphatic carbocycles. The summed E-state index contributed by atoms with van der Waals surface area (Å²) in [6.07, 6.45) is 4.68. The molecule has 0 bridgehead atoms. The summed E-state index contributed by atoms with van der Waals surface area (Å²) in [5.41, 5.74) is 1.40. The number of guanidine groups is 1. The second-order valence-corrected chi connectivity index (χ2v) is 11.2. The average molecular weight is 552 g/mol. The zero-order valence-corrected chi connectivity index (χ0v) is 22.1. The number of hydrogen-bond donors (Lipinski definition) is 2. The van der Waals surface area contributed by atoms with Crippen molar-refractivity contribution in [3.05, 3.63) is 29.8 Å². The summed E-state index contributed by atoms with van der Waals surface area (Å²) >= 11 is 0. The van der Waals surface area contributed by atoms with Gasteiger partial charge in [0.15, 0.2) is 15.8 Å². The SMILES string of the molecule is CN=C(NCCS(=O)(=O)c1ccc(C(C)(C)C)cc1)NCC1(CCOC)CCC1.I. The van der Waals surface area contributed by atoms with E-state index in [1.165, 1.54) is 19.3 Å². The minimum atomic E-state index is -3.34. The van der Waals surface area contributed by atoms with Gasteiger partial charge in [-0.25, -0.2) is 8.42 Å². The molecule has 0 saturated heterocycles. The molecule has 2 rings (SSSR count). The van der Waals surface area contributed by atoms with Crippen LogP contribution in [0.3, 0.4) is 0 Å². The maximum Gasteiger partial charge on any atom is 0.191 e. The highest BCUT2D eigenvalue weighted by Gasteiger charge is 2.36. The van der Waals surface area contributed by atoms with Gasteiger partial charge in [-0.15, -0.1) is 24.0 Å². The van der Waals surface area contributed by atoms with E-state index in [4.69, 9.17) is 4.74 Å². The summed E-state index contributed by atoms with van der Waals surface area (Å²) in [7, 11) is 0.102. The highest BCUT2D eigenvalue weighted by molar-refractivity contribution is 14.0. The molecule has 0 amide bonds. The second-order valence-electron chi connectivity index (χ2n) is 9.04. The lowest BCUT2D eigenvalue weighted by Crippen LogP contribution is -2.47. The Kier molecular flexibility index (Phi) is 10.6. The first-order valence-electron chi connectivity index (χ1n) is 10.4. The molecule has 172 valence electrons. The van der Waals surface area contributed by atoms with Gasteiger partial charge < -0.3 is 15.4 Å². The van der Waals surface area contributed by atoms with Crippen LogP contribution in [0.15, 0.2) is 34.2 Å². The maximum atomic E-state index is 12.6. The van der Waals surface area contributed by atoms with Crippen molar-refractivity contribution in [3.8, 4) is 0 Å². The van der Waals surface area contributed by atoms with Gasteiger partial charge >= 0.3 is 0 Å². The lowest BCUT2D eigenvalue weighted by molar-refractivity contribution is 0.0733. The van der Waals surface area contributed by atoms with Gasteiger partial charge in [-0.2, -0.15) is 0 Å². The topological polar surface area (TPSA) is 79.8 Å². The molecule has 1 saturated carbocycles. The van der Waals surface area contributed by atoms with E-state index >= 15 is 0 Å². The van der Waals surface area contributed by atoms with E-state index in [-0.39, 0.29) is 40.6 Å². The van der Waals surface area contributed by atoms with E-state index in [9.17, 15) is 8.42 Å². The van der Waals surface area contributed by atoms with Crippen LogP contribution >= 0.6 is 24.0 Å². The Hall–Kier alpha value is -0.870. The fourth-order valence-corrected chi connectivity index (χ4v) is 4.74. The van der Waals surface area contributed by atoms with E-state index in [1.807, 2.05) is 12.1 Å². The Morgan fingerprint density at radius 2 is 1.80 bits per heavy atom. The summed E-state index contributed by atoms with van der Waals surface area (Å²) in [5, 5.41) is 6.50. The fraction of sp³-hybridized carbons (Fsp3) is 0.682. The van der Waals surface area contributed by atoms with Gasteiger partial charge in [0.2, 0.25) is 0 Å². The maximum absolute atomic E-state index is 12.6. The molecule has 0 spiro atoms. The van der Waals surface area contributed by atoms with Crippen LogP contribution < -0.4 is 10.6 Å². The first-order chi connectivity index (χ1) is 13.6. The van der Waals surface area contributed by atoms with Crippen LogP contribution in [0.25, 0.3) is 0 Å². The zero-order valence-electron chi connectivity index (χ0n) is 19.0. The molecule has 30 heavy (non-hydrogen) atoms. The summed E-state index contributed by atoms with van der Waals surface area (Å²) in [6, 6.07) is 7.22. The number of ether oxygens (including phenoxy) is 1. The van der Waals surface area contributed by atoms with E-state index in [0.717, 1.165) is 25.1 Å². The lowest BCUT2D eigenvalue weighted by Gasteiger charge is -2.42. The third kappa shape index (κ3) is 7.67. The largest absolute Gasteiger partial charge is 0.385 e. The van der Waals surface area contributed by atoms with Crippen LogP contribution in [-0.4, -0.2) is 54.0 Å². The van der Waals surface area contributed by atoms with E-state index in [2.05, 4.69) is 36.4 Å². The number of aliphatic imine (C=N–C) groups is 1. The molecule has 1 aromatic rings. The molecule has 0 heterocycles. The standard InChI is InChI=1S/C22H37N3O3S.HI/c1-21(2,3)18-7-9-19(10-8-18)29(26,27)16-14-24-20(23-4)25-17-22(11-6-12-22)13-15-28-5;/h7-10H,6,11-17H2,1-5H3,(H2,23,24,25);1H. The van der Waals surface area contributed by atoms with Crippen LogP contribution in [0.1, 0.15) is 52.0 Å². The second kappa shape index (κ2) is 11.7. The summed E-state index contributed by atoms with van der Waals surface area (Å²) in [5.74, 6) is 0.671. The van der Waals surface area contributed by atoms with Gasteiger partial charge in [-0.3, -0.25) is 4.99 Å². The molecule has 1 fully saturated rings. The van der Waals surface area contributed by atoms with Crippen LogP contribution in [-0.2, 0) is 20.0 Å². The van der Waals surface area contributed by atoms with Gasteiger partial charge in [0.05, 0.1) is 10.6 Å². The summed E-state index contributed by atoms with van der Waals surface area (Å²) in [4.78, 5) is 4.59. The van der Waals surface area contributed by atoms with Crippen molar-refractivity contribution in [2.75, 3.05) is 39.6 Å². The van der Waals surface area contributed by atoms with Crippen molar-refractivity contribution in [2.24, 2.45) is 10.4 Å². The molecule has 0 aliphatic heterocycles. The zero-order chi connectivity index (χ0) is 21.5. The van der Waals surface area contributed by atoms with E-state index in [1.54, 1.807) is 26.3 Å². The molecule has 0 unspecified atom stereocenters. The molecular weight excluding hydrogens is 513 g/mol. The highest BCUT2D eigenvalue weighted by Crippen LogP contribution is 2.43. The van der Waals surface area contributed by atoms with Crippen molar-refractivity contribution in [1.29, 1.82) is 0 Å². The molecule has 0 atom stereocenters. The number of sulfone groups is 1. The number of methoxy groups -OCH3 is 1. The average Bonchev–Trinajstić information content (AvgIpc) is 2.64. The van der Waals surface area contributed by atoms with Crippen LogP contribution in [0.5, 0.6) is 0 Å². The van der Waals surface area contributed by atoms with E-state index < -0.39 is 9.84 Å². The molecule has 1 aromatic carbocycles. The number of nitrogens with zero attached hydrogens (tertiary/aromatic N) is 1. The number of rotatable bonds is 9. The third-order valence-corrected chi connectivity index (χ3v) is 7.58. The Morgan fingerprint density at radius 1 is 1.17 bits per heavy atom. The normalized spacial score (nSPS) is 16.4. The number of nitrogens with one attached hydrogen (secondary N) is 2. The predicted molar refractivity (Wildman–Crippen MR) is 135 cm³/mol. The van der Waals surface area contributed by atoms with Gasteiger partial charge in [0, 0.05) is 33.9 Å². The van der Waals surface area contributed by atoms with E-state index in [0.29, 0.717) is 17.4 Å². The Morgan fingerprint density at radius 3 is 2.27 bits per heavy atom. The summed E-state index contributed by atoms with van der Waals surface area (Å²) in [6.45, 7) is 8.25. The van der Waals surface area contributed by atoms with Crippen LogP contribution in [0.2, 0.25) is 0 Å². The van der Waals surface area contributed by atoms with Crippen molar-refractivity contribution in [3.63, 3.8) is 0 Å². The van der Waals surface area contributed by atoms with Crippen LogP contribution in [0.4, 0.5) is 0 Å². The van der Waals surface area contributed by atoms with Gasteiger partial charge in [-0.1, -0.05) is 39.3 Å². The monoisotopic (exact) mass is 551 g/mol. The van der Waals surface area contributed by atoms with Gasteiger partial charge in [0.25, 0.3) is 0 Å². The minimum absolute atomic E-state index is 0. The van der Waals surface area contributed by atoms with Crippen molar-refractivity contribution in [1.82, 2.24) is 10.6 Å². The molecular formula is C22H38IN3O3S. The molecule has 0 aromatic heterocycles. The smallest absolute Gasteiger partial charge is 0.191 e. The molecule has 8 heteroatoms. The van der Waals surface area contributed by atoms with Crippen molar-refractivity contribution >= 4 is 39.8 Å². The number of benzene rings is 1. The first kappa shape index (κ1) is 27.2.